The van der Waals surface area contributed by atoms with Gasteiger partial charge >= 0.3 is 0 Å². The number of rotatable bonds is 2. The standard InChI is InChI=1S/C15H25N2.CH4O3S/c1-15(2,3)13-16-11-7-14(8-12-16)17-9-5-4-6-10-17;1-5(2,3)4/h7-8,11-12H,4-6,9-10,13H2,1-3H3;1H3,(H,2,3,4)/q+1;/p-1. The summed E-state index contributed by atoms with van der Waals surface area (Å²) >= 11 is 0. The van der Waals surface area contributed by atoms with Gasteiger partial charge < -0.3 is 9.45 Å². The summed E-state index contributed by atoms with van der Waals surface area (Å²) in [6.07, 6.45) is 9.12. The zero-order valence-electron chi connectivity index (χ0n) is 14.1. The van der Waals surface area contributed by atoms with Gasteiger partial charge in [-0.2, -0.15) is 0 Å². The van der Waals surface area contributed by atoms with Crippen molar-refractivity contribution in [1.82, 2.24) is 0 Å². The number of aromatic nitrogens is 1. The fourth-order valence-electron chi connectivity index (χ4n) is 2.47. The molecule has 1 aliphatic rings. The highest BCUT2D eigenvalue weighted by Gasteiger charge is 2.17. The maximum absolute atomic E-state index is 9.08. The fourth-order valence-corrected chi connectivity index (χ4v) is 2.47. The van der Waals surface area contributed by atoms with E-state index in [0.29, 0.717) is 11.7 Å². The van der Waals surface area contributed by atoms with Crippen molar-refractivity contribution in [1.29, 1.82) is 0 Å². The van der Waals surface area contributed by atoms with Crippen molar-refractivity contribution in [2.24, 2.45) is 5.41 Å². The van der Waals surface area contributed by atoms with Crippen LogP contribution in [0.15, 0.2) is 24.5 Å². The molecule has 6 heteroatoms. The van der Waals surface area contributed by atoms with Gasteiger partial charge in [0, 0.05) is 42.6 Å². The van der Waals surface area contributed by atoms with Gasteiger partial charge in [-0.15, -0.1) is 0 Å². The molecule has 0 N–H and O–H groups in total. The first-order valence-corrected chi connectivity index (χ1v) is 9.51. The predicted octanol–water partition coefficient (Wildman–Crippen LogP) is 2.17. The Morgan fingerprint density at radius 1 is 1.14 bits per heavy atom. The number of anilines is 1. The molecule has 1 aromatic rings. The summed E-state index contributed by atoms with van der Waals surface area (Å²) in [6.45, 7) is 10.4. The lowest BCUT2D eigenvalue weighted by atomic mass is 9.97. The molecule has 1 fully saturated rings. The number of piperidine rings is 1. The molecule has 1 aromatic heterocycles. The van der Waals surface area contributed by atoms with Gasteiger partial charge in [-0.25, -0.2) is 13.0 Å². The molecule has 0 spiro atoms. The van der Waals surface area contributed by atoms with Crippen LogP contribution in [0, 0.1) is 5.41 Å². The van der Waals surface area contributed by atoms with Gasteiger partial charge in [0.25, 0.3) is 0 Å². The summed E-state index contributed by atoms with van der Waals surface area (Å²) in [5.41, 5.74) is 1.73. The van der Waals surface area contributed by atoms with Crippen LogP contribution in [-0.2, 0) is 16.7 Å². The van der Waals surface area contributed by atoms with E-state index in [1.54, 1.807) is 0 Å². The van der Waals surface area contributed by atoms with Crippen LogP contribution in [0.3, 0.4) is 0 Å². The molecule has 126 valence electrons. The molecule has 2 heterocycles. The lowest BCUT2D eigenvalue weighted by Crippen LogP contribution is -2.40. The van der Waals surface area contributed by atoms with Crippen molar-refractivity contribution < 1.29 is 17.5 Å². The average Bonchev–Trinajstić information content (AvgIpc) is 2.37. The molecular formula is C16H28N2O3S. The maximum Gasteiger partial charge on any atom is 0.170 e. The number of nitrogens with zero attached hydrogens (tertiary/aromatic N) is 2. The average molecular weight is 328 g/mol. The first-order valence-electron chi connectivity index (χ1n) is 7.69. The summed E-state index contributed by atoms with van der Waals surface area (Å²) in [5.74, 6) is 0. The van der Waals surface area contributed by atoms with E-state index < -0.39 is 10.1 Å². The number of pyridine rings is 1. The molecule has 1 aliphatic heterocycles. The highest BCUT2D eigenvalue weighted by atomic mass is 32.2. The normalized spacial score (nSPS) is 16.0. The van der Waals surface area contributed by atoms with Crippen molar-refractivity contribution in [3.8, 4) is 0 Å². The summed E-state index contributed by atoms with van der Waals surface area (Å²) in [7, 11) is -3.92. The van der Waals surface area contributed by atoms with Crippen LogP contribution in [0.1, 0.15) is 40.0 Å². The first-order chi connectivity index (χ1) is 10.0. The second-order valence-electron chi connectivity index (χ2n) is 7.04. The number of hydrogen-bond acceptors (Lipinski definition) is 4. The first kappa shape index (κ1) is 18.9. The van der Waals surface area contributed by atoms with Crippen molar-refractivity contribution >= 4 is 15.8 Å². The smallest absolute Gasteiger partial charge is 0.170 e. The van der Waals surface area contributed by atoms with Crippen LogP contribution < -0.4 is 9.47 Å². The Bertz CT molecular complexity index is 534. The molecule has 22 heavy (non-hydrogen) atoms. The van der Waals surface area contributed by atoms with Crippen LogP contribution in [0.25, 0.3) is 0 Å². The topological polar surface area (TPSA) is 64.3 Å². The molecule has 0 aromatic carbocycles. The van der Waals surface area contributed by atoms with Gasteiger partial charge in [0.2, 0.25) is 0 Å². The van der Waals surface area contributed by atoms with Crippen LogP contribution in [0.4, 0.5) is 5.69 Å². The minimum atomic E-state index is -3.92. The van der Waals surface area contributed by atoms with Gasteiger partial charge in [0.15, 0.2) is 18.9 Å². The third kappa shape index (κ3) is 9.00. The summed E-state index contributed by atoms with van der Waals surface area (Å²) in [5, 5.41) is 0. The van der Waals surface area contributed by atoms with E-state index in [1.807, 2.05) is 0 Å². The Morgan fingerprint density at radius 3 is 2.00 bits per heavy atom. The molecule has 1 saturated heterocycles. The molecule has 0 saturated carbocycles. The van der Waals surface area contributed by atoms with E-state index >= 15 is 0 Å². The van der Waals surface area contributed by atoms with Gasteiger partial charge in [-0.3, -0.25) is 0 Å². The Balaban J connectivity index is 0.000000422. The highest BCUT2D eigenvalue weighted by Crippen LogP contribution is 2.18. The van der Waals surface area contributed by atoms with Gasteiger partial charge in [0.1, 0.15) is 0 Å². The fraction of sp³-hybridized carbons (Fsp3) is 0.688. The molecule has 0 bridgehead atoms. The van der Waals surface area contributed by atoms with E-state index in [0.717, 1.165) is 6.54 Å². The molecule has 5 nitrogen and oxygen atoms in total. The van der Waals surface area contributed by atoms with E-state index in [9.17, 15) is 0 Å². The predicted molar refractivity (Wildman–Crippen MR) is 87.8 cm³/mol. The maximum atomic E-state index is 9.08. The lowest BCUT2D eigenvalue weighted by molar-refractivity contribution is -0.708. The summed E-state index contributed by atoms with van der Waals surface area (Å²) in [6, 6.07) is 4.52. The summed E-state index contributed by atoms with van der Waals surface area (Å²) in [4.78, 5) is 2.50. The zero-order chi connectivity index (χ0) is 16.8. The number of hydrogen-bond donors (Lipinski definition) is 0. The Labute approximate surface area is 134 Å². The molecule has 0 aliphatic carbocycles. The van der Waals surface area contributed by atoms with Crippen molar-refractivity contribution in [2.75, 3.05) is 24.2 Å². The Kier molecular flexibility index (Phi) is 6.81. The molecular weight excluding hydrogens is 300 g/mol. The van der Waals surface area contributed by atoms with Gasteiger partial charge in [-0.1, -0.05) is 20.8 Å². The minimum Gasteiger partial charge on any atom is -0.748 e. The minimum absolute atomic E-state index is 0.345. The second kappa shape index (κ2) is 7.92. The Hall–Kier alpha value is -1.14. The molecule has 0 unspecified atom stereocenters. The van der Waals surface area contributed by atoms with Gasteiger partial charge in [-0.05, 0) is 19.3 Å². The SMILES string of the molecule is CC(C)(C)C[n+]1ccc(N2CCCCC2)cc1.CS(=O)(=O)[O-]. The van der Waals surface area contributed by atoms with Crippen LogP contribution in [-0.4, -0.2) is 32.3 Å². The molecule has 0 atom stereocenters. The van der Waals surface area contributed by atoms with Crippen LogP contribution >= 0.6 is 0 Å². The molecule has 0 amide bonds. The third-order valence-corrected chi connectivity index (χ3v) is 3.25. The van der Waals surface area contributed by atoms with Crippen LogP contribution in [0.5, 0.6) is 0 Å². The van der Waals surface area contributed by atoms with E-state index in [4.69, 9.17) is 13.0 Å². The van der Waals surface area contributed by atoms with E-state index in [-0.39, 0.29) is 0 Å². The quantitative estimate of drug-likeness (QED) is 0.616. The van der Waals surface area contributed by atoms with Crippen molar-refractivity contribution in [3.05, 3.63) is 24.5 Å². The third-order valence-electron chi connectivity index (χ3n) is 3.25. The van der Waals surface area contributed by atoms with Crippen molar-refractivity contribution in [3.63, 3.8) is 0 Å². The second-order valence-corrected chi connectivity index (χ2v) is 8.45. The highest BCUT2D eigenvalue weighted by molar-refractivity contribution is 7.84. The largest absolute Gasteiger partial charge is 0.748 e. The van der Waals surface area contributed by atoms with Crippen molar-refractivity contribution in [2.45, 2.75) is 46.6 Å². The van der Waals surface area contributed by atoms with Gasteiger partial charge in [0.05, 0.1) is 10.1 Å². The van der Waals surface area contributed by atoms with E-state index in [2.05, 4.69) is 54.8 Å². The van der Waals surface area contributed by atoms with Crippen LogP contribution in [0.2, 0.25) is 0 Å². The van der Waals surface area contributed by atoms with E-state index in [1.165, 1.54) is 38.0 Å². The zero-order valence-corrected chi connectivity index (χ0v) is 14.9. The summed E-state index contributed by atoms with van der Waals surface area (Å²) < 4.78 is 29.5. The lowest BCUT2D eigenvalue weighted by Gasteiger charge is -2.28. The molecule has 2 rings (SSSR count). The monoisotopic (exact) mass is 328 g/mol. The Morgan fingerprint density at radius 2 is 1.59 bits per heavy atom. The molecule has 0 radical (unpaired) electrons.